The lowest BCUT2D eigenvalue weighted by Crippen LogP contribution is -2.26. The molecule has 3 aliphatic rings. The minimum atomic E-state index is 0.660. The van der Waals surface area contributed by atoms with Gasteiger partial charge in [-0.1, -0.05) is 68.0 Å². The summed E-state index contributed by atoms with van der Waals surface area (Å²) in [7, 11) is 0. The molecule has 3 aliphatic carbocycles. The van der Waals surface area contributed by atoms with Crippen LogP contribution in [0.5, 0.6) is 0 Å². The smallest absolute Gasteiger partial charge is 0.00363 e. The molecule has 0 heteroatoms. The Hall–Kier alpha value is -1.30. The van der Waals surface area contributed by atoms with Gasteiger partial charge in [0.25, 0.3) is 0 Å². The van der Waals surface area contributed by atoms with E-state index in [2.05, 4.69) is 69.4 Å². The highest BCUT2D eigenvalue weighted by molar-refractivity contribution is 5.32. The molecule has 0 N–H and O–H groups in total. The van der Waals surface area contributed by atoms with Crippen LogP contribution in [0.3, 0.4) is 0 Å². The van der Waals surface area contributed by atoms with Crippen molar-refractivity contribution in [3.8, 4) is 0 Å². The fourth-order valence-electron chi connectivity index (χ4n) is 4.09. The zero-order valence-electron chi connectivity index (χ0n) is 14.3. The average Bonchev–Trinajstić information content (AvgIpc) is 2.53. The van der Waals surface area contributed by atoms with E-state index in [1.807, 2.05) is 0 Å². The van der Waals surface area contributed by atoms with Crippen molar-refractivity contribution in [2.45, 2.75) is 46.5 Å². The summed E-state index contributed by atoms with van der Waals surface area (Å²) >= 11 is 0. The van der Waals surface area contributed by atoms with Crippen molar-refractivity contribution in [2.24, 2.45) is 29.6 Å². The van der Waals surface area contributed by atoms with E-state index in [0.29, 0.717) is 23.7 Å². The SMILES string of the molecule is CC1=CCC(C(C2=CCC(C)C=C2)C2C=CC(C)CC2)C=C1. The lowest BCUT2D eigenvalue weighted by molar-refractivity contribution is 0.314. The maximum absolute atomic E-state index is 2.52. The first-order chi connectivity index (χ1) is 10.6. The first kappa shape index (κ1) is 15.6. The molecule has 0 nitrogen and oxygen atoms in total. The van der Waals surface area contributed by atoms with E-state index in [1.165, 1.54) is 31.3 Å². The van der Waals surface area contributed by atoms with Gasteiger partial charge in [-0.05, 0) is 67.8 Å². The van der Waals surface area contributed by atoms with Gasteiger partial charge in [0.05, 0.1) is 0 Å². The largest absolute Gasteiger partial charge is 0.0854 e. The third kappa shape index (κ3) is 3.54. The first-order valence-electron chi connectivity index (χ1n) is 9.05. The molecule has 0 amide bonds. The van der Waals surface area contributed by atoms with Crippen LogP contribution < -0.4 is 0 Å². The van der Waals surface area contributed by atoms with Crippen LogP contribution in [-0.4, -0.2) is 0 Å². The molecule has 0 aliphatic heterocycles. The van der Waals surface area contributed by atoms with Crippen LogP contribution >= 0.6 is 0 Å². The van der Waals surface area contributed by atoms with Crippen LogP contribution in [0.2, 0.25) is 0 Å². The lowest BCUT2D eigenvalue weighted by atomic mass is 9.69. The first-order valence-corrected chi connectivity index (χ1v) is 9.05. The van der Waals surface area contributed by atoms with Gasteiger partial charge in [-0.25, -0.2) is 0 Å². The summed E-state index contributed by atoms with van der Waals surface area (Å²) in [6.07, 6.45) is 24.6. The molecule has 3 rings (SSSR count). The van der Waals surface area contributed by atoms with E-state index in [0.717, 1.165) is 5.92 Å². The predicted molar refractivity (Wildman–Crippen MR) is 96.5 cm³/mol. The third-order valence-electron chi connectivity index (χ3n) is 5.61. The lowest BCUT2D eigenvalue weighted by Gasteiger charge is -2.36. The van der Waals surface area contributed by atoms with Crippen LogP contribution in [0.1, 0.15) is 46.5 Å². The zero-order chi connectivity index (χ0) is 15.5. The zero-order valence-corrected chi connectivity index (χ0v) is 14.3. The summed E-state index contributed by atoms with van der Waals surface area (Å²) in [5, 5.41) is 0. The van der Waals surface area contributed by atoms with Crippen LogP contribution in [0.15, 0.2) is 59.8 Å². The molecule has 0 spiro atoms. The van der Waals surface area contributed by atoms with Crippen molar-refractivity contribution in [3.05, 3.63) is 59.8 Å². The molecule has 0 heterocycles. The van der Waals surface area contributed by atoms with Crippen molar-refractivity contribution in [1.82, 2.24) is 0 Å². The summed E-state index contributed by atoms with van der Waals surface area (Å²) in [6.45, 7) is 6.87. The van der Waals surface area contributed by atoms with Gasteiger partial charge in [0.15, 0.2) is 0 Å². The monoisotopic (exact) mass is 294 g/mol. The highest BCUT2D eigenvalue weighted by Crippen LogP contribution is 2.41. The van der Waals surface area contributed by atoms with E-state index >= 15 is 0 Å². The molecule has 0 aromatic rings. The maximum Gasteiger partial charge on any atom is -0.00363 e. The second kappa shape index (κ2) is 6.86. The van der Waals surface area contributed by atoms with Crippen LogP contribution in [0.25, 0.3) is 0 Å². The van der Waals surface area contributed by atoms with E-state index < -0.39 is 0 Å². The Kier molecular flexibility index (Phi) is 4.86. The Labute approximate surface area is 136 Å². The highest BCUT2D eigenvalue weighted by atomic mass is 14.4. The Bertz CT molecular complexity index is 538. The molecular formula is C22H30. The van der Waals surface area contributed by atoms with E-state index in [-0.39, 0.29) is 0 Å². The number of allylic oxidation sites excluding steroid dienone is 10. The molecule has 5 unspecified atom stereocenters. The van der Waals surface area contributed by atoms with E-state index in [1.54, 1.807) is 5.57 Å². The van der Waals surface area contributed by atoms with Gasteiger partial charge in [-0.3, -0.25) is 0 Å². The fourth-order valence-corrected chi connectivity index (χ4v) is 4.09. The molecule has 0 saturated carbocycles. The van der Waals surface area contributed by atoms with Gasteiger partial charge in [0.1, 0.15) is 0 Å². The van der Waals surface area contributed by atoms with Gasteiger partial charge in [0.2, 0.25) is 0 Å². The van der Waals surface area contributed by atoms with Crippen molar-refractivity contribution in [2.75, 3.05) is 0 Å². The number of hydrogen-bond acceptors (Lipinski definition) is 0. The predicted octanol–water partition coefficient (Wildman–Crippen LogP) is 6.25. The normalized spacial score (nSPS) is 36.0. The molecule has 5 atom stereocenters. The topological polar surface area (TPSA) is 0 Å². The Morgan fingerprint density at radius 3 is 2.27 bits per heavy atom. The second-order valence-electron chi connectivity index (χ2n) is 7.61. The Morgan fingerprint density at radius 1 is 0.818 bits per heavy atom. The van der Waals surface area contributed by atoms with Gasteiger partial charge < -0.3 is 0 Å². The van der Waals surface area contributed by atoms with Gasteiger partial charge in [-0.2, -0.15) is 0 Å². The molecule has 0 radical (unpaired) electrons. The highest BCUT2D eigenvalue weighted by Gasteiger charge is 2.31. The van der Waals surface area contributed by atoms with Crippen molar-refractivity contribution >= 4 is 0 Å². The third-order valence-corrected chi connectivity index (χ3v) is 5.61. The summed E-state index contributed by atoms with van der Waals surface area (Å²) in [5.74, 6) is 3.50. The van der Waals surface area contributed by atoms with Gasteiger partial charge >= 0.3 is 0 Å². The quantitative estimate of drug-likeness (QED) is 0.540. The summed E-state index contributed by atoms with van der Waals surface area (Å²) in [4.78, 5) is 0. The number of rotatable bonds is 3. The van der Waals surface area contributed by atoms with Crippen LogP contribution in [-0.2, 0) is 0 Å². The summed E-state index contributed by atoms with van der Waals surface area (Å²) < 4.78 is 0. The van der Waals surface area contributed by atoms with Crippen molar-refractivity contribution in [3.63, 3.8) is 0 Å². The minimum absolute atomic E-state index is 0.660. The molecule has 0 fully saturated rings. The molecule has 0 aromatic heterocycles. The van der Waals surface area contributed by atoms with Crippen LogP contribution in [0.4, 0.5) is 0 Å². The molecule has 22 heavy (non-hydrogen) atoms. The minimum Gasteiger partial charge on any atom is -0.0854 e. The van der Waals surface area contributed by atoms with E-state index in [4.69, 9.17) is 0 Å². The molecule has 0 aromatic carbocycles. The molecule has 0 bridgehead atoms. The average molecular weight is 294 g/mol. The standard InChI is InChI=1S/C22H30/c1-16-4-10-19(11-5-16)22(20-12-6-17(2)7-13-20)21-14-8-18(3)9-15-21/h4-6,8,10,12-14,17-19,21-22H,7,9,11,15H2,1-3H3. The van der Waals surface area contributed by atoms with Crippen LogP contribution in [0, 0.1) is 29.6 Å². The molecule has 0 saturated heterocycles. The molecular weight excluding hydrogens is 264 g/mol. The summed E-state index contributed by atoms with van der Waals surface area (Å²) in [5.41, 5.74) is 3.01. The van der Waals surface area contributed by atoms with Crippen molar-refractivity contribution < 1.29 is 0 Å². The fraction of sp³-hybridized carbons (Fsp3) is 0.545. The number of hydrogen-bond donors (Lipinski definition) is 0. The Balaban J connectivity index is 1.84. The van der Waals surface area contributed by atoms with E-state index in [9.17, 15) is 0 Å². The summed E-state index contributed by atoms with van der Waals surface area (Å²) in [6, 6.07) is 0. The maximum atomic E-state index is 2.52. The van der Waals surface area contributed by atoms with Gasteiger partial charge in [-0.15, -0.1) is 0 Å². The van der Waals surface area contributed by atoms with Crippen molar-refractivity contribution in [1.29, 1.82) is 0 Å². The Morgan fingerprint density at radius 2 is 1.68 bits per heavy atom. The van der Waals surface area contributed by atoms with Gasteiger partial charge in [0, 0.05) is 0 Å². The molecule has 118 valence electrons. The second-order valence-corrected chi connectivity index (χ2v) is 7.61.